The normalized spacial score (nSPS) is 17.2. The van der Waals surface area contributed by atoms with Gasteiger partial charge in [0, 0.05) is 26.1 Å². The number of esters is 2. The lowest BCUT2D eigenvalue weighted by molar-refractivity contribution is -0.149. The van der Waals surface area contributed by atoms with E-state index in [-0.39, 0.29) is 23.9 Å². The van der Waals surface area contributed by atoms with E-state index in [0.717, 1.165) is 32.1 Å². The molecule has 7 nitrogen and oxygen atoms in total. The van der Waals surface area contributed by atoms with Gasteiger partial charge >= 0.3 is 18.0 Å². The second kappa shape index (κ2) is 11.7. The summed E-state index contributed by atoms with van der Waals surface area (Å²) in [6, 6.07) is -0.130. The molecule has 24 heavy (non-hydrogen) atoms. The van der Waals surface area contributed by atoms with Crippen LogP contribution in [0.5, 0.6) is 0 Å². The van der Waals surface area contributed by atoms with Gasteiger partial charge in [-0.15, -0.1) is 0 Å². The summed E-state index contributed by atoms with van der Waals surface area (Å²) in [5, 5.41) is 2.88. The van der Waals surface area contributed by atoms with E-state index in [1.807, 2.05) is 0 Å². The van der Waals surface area contributed by atoms with Crippen molar-refractivity contribution in [2.24, 2.45) is 5.92 Å². The predicted octanol–water partition coefficient (Wildman–Crippen LogP) is 2.09. The molecule has 0 radical (unpaired) electrons. The number of amides is 2. The molecular weight excluding hydrogens is 312 g/mol. The lowest BCUT2D eigenvalue weighted by Gasteiger charge is -2.31. The van der Waals surface area contributed by atoms with Crippen LogP contribution in [0.4, 0.5) is 4.79 Å². The van der Waals surface area contributed by atoms with Gasteiger partial charge in [0.15, 0.2) is 0 Å². The summed E-state index contributed by atoms with van der Waals surface area (Å²) in [5.74, 6) is -0.595. The third-order valence-electron chi connectivity index (χ3n) is 3.97. The third-order valence-corrected chi connectivity index (χ3v) is 3.97. The number of carbonyl (C=O) groups excluding carboxylic acids is 3. The van der Waals surface area contributed by atoms with Gasteiger partial charge in [0.05, 0.1) is 19.1 Å². The standard InChI is InChI=1S/C17H30N2O5/c1-3-23-15(20)10-6-5-7-11-18-17(22)19-12-8-9-14(13-19)16(21)24-4-2/h14H,3-13H2,1-2H3,(H,18,22). The first-order chi connectivity index (χ1) is 11.6. The molecule has 1 fully saturated rings. The van der Waals surface area contributed by atoms with Crippen LogP contribution in [0.3, 0.4) is 0 Å². The highest BCUT2D eigenvalue weighted by Crippen LogP contribution is 2.18. The Hall–Kier alpha value is -1.79. The second-order valence-corrected chi connectivity index (χ2v) is 5.88. The van der Waals surface area contributed by atoms with E-state index in [4.69, 9.17) is 9.47 Å². The highest BCUT2D eigenvalue weighted by Gasteiger charge is 2.29. The zero-order chi connectivity index (χ0) is 17.8. The van der Waals surface area contributed by atoms with Crippen molar-refractivity contribution in [2.45, 2.75) is 52.4 Å². The quantitative estimate of drug-likeness (QED) is 0.512. The molecule has 0 aromatic heterocycles. The van der Waals surface area contributed by atoms with Crippen LogP contribution in [0.25, 0.3) is 0 Å². The Bertz CT molecular complexity index is 414. The zero-order valence-corrected chi connectivity index (χ0v) is 14.8. The number of carbonyl (C=O) groups is 3. The Balaban J connectivity index is 2.16. The highest BCUT2D eigenvalue weighted by atomic mass is 16.5. The van der Waals surface area contributed by atoms with Gasteiger partial charge < -0.3 is 19.7 Å². The van der Waals surface area contributed by atoms with Gasteiger partial charge in [-0.1, -0.05) is 6.42 Å². The van der Waals surface area contributed by atoms with E-state index in [9.17, 15) is 14.4 Å². The molecule has 1 unspecified atom stereocenters. The summed E-state index contributed by atoms with van der Waals surface area (Å²) < 4.78 is 9.90. The highest BCUT2D eigenvalue weighted by molar-refractivity contribution is 5.77. The fourth-order valence-corrected chi connectivity index (χ4v) is 2.73. The fraction of sp³-hybridized carbons (Fsp3) is 0.824. The van der Waals surface area contributed by atoms with Crippen molar-refractivity contribution in [3.8, 4) is 0 Å². The van der Waals surface area contributed by atoms with Crippen LogP contribution in [-0.2, 0) is 19.1 Å². The SMILES string of the molecule is CCOC(=O)CCCCCNC(=O)N1CCCC(C(=O)OCC)C1. The lowest BCUT2D eigenvalue weighted by Crippen LogP contribution is -2.47. The summed E-state index contributed by atoms with van der Waals surface area (Å²) in [4.78, 5) is 36.8. The third kappa shape index (κ3) is 7.66. The Morgan fingerprint density at radius 3 is 2.54 bits per heavy atom. The molecule has 1 saturated heterocycles. The Morgan fingerprint density at radius 1 is 1.08 bits per heavy atom. The molecule has 0 aromatic rings. The van der Waals surface area contributed by atoms with Crippen LogP contribution in [0.1, 0.15) is 52.4 Å². The largest absolute Gasteiger partial charge is 0.466 e. The number of likely N-dealkylation sites (tertiary alicyclic amines) is 1. The number of ether oxygens (including phenoxy) is 2. The lowest BCUT2D eigenvalue weighted by atomic mass is 9.98. The smallest absolute Gasteiger partial charge is 0.317 e. The molecule has 0 bridgehead atoms. The maximum absolute atomic E-state index is 12.1. The molecule has 1 aliphatic rings. The number of hydrogen-bond acceptors (Lipinski definition) is 5. The monoisotopic (exact) mass is 342 g/mol. The number of hydrogen-bond donors (Lipinski definition) is 1. The van der Waals surface area contributed by atoms with Crippen molar-refractivity contribution in [1.82, 2.24) is 10.2 Å². The summed E-state index contributed by atoms with van der Waals surface area (Å²) >= 11 is 0. The number of piperidine rings is 1. The first kappa shape index (κ1) is 20.3. The fourth-order valence-electron chi connectivity index (χ4n) is 2.73. The van der Waals surface area contributed by atoms with Gasteiger partial charge in [0.1, 0.15) is 0 Å². The van der Waals surface area contributed by atoms with Gasteiger partial charge in [0.25, 0.3) is 0 Å². The summed E-state index contributed by atoms with van der Waals surface area (Å²) in [6.07, 6.45) is 4.47. The van der Waals surface area contributed by atoms with E-state index >= 15 is 0 Å². The number of rotatable bonds is 9. The number of nitrogens with zero attached hydrogens (tertiary/aromatic N) is 1. The maximum atomic E-state index is 12.1. The topological polar surface area (TPSA) is 84.9 Å². The summed E-state index contributed by atoms with van der Waals surface area (Å²) in [6.45, 7) is 6.03. The predicted molar refractivity (Wildman–Crippen MR) is 89.4 cm³/mol. The first-order valence-electron chi connectivity index (χ1n) is 8.93. The summed E-state index contributed by atoms with van der Waals surface area (Å²) in [7, 11) is 0. The van der Waals surface area contributed by atoms with Gasteiger partial charge in [-0.2, -0.15) is 0 Å². The van der Waals surface area contributed by atoms with Crippen LogP contribution in [-0.4, -0.2) is 55.7 Å². The average Bonchev–Trinajstić information content (AvgIpc) is 2.58. The molecule has 0 spiro atoms. The molecule has 1 rings (SSSR count). The molecule has 1 N–H and O–H groups in total. The molecule has 1 aliphatic heterocycles. The molecule has 2 amide bonds. The number of urea groups is 1. The molecule has 1 atom stereocenters. The minimum absolute atomic E-state index is 0.130. The maximum Gasteiger partial charge on any atom is 0.317 e. The molecule has 1 heterocycles. The Labute approximate surface area is 144 Å². The van der Waals surface area contributed by atoms with Crippen molar-refractivity contribution in [3.05, 3.63) is 0 Å². The number of nitrogens with one attached hydrogen (secondary N) is 1. The van der Waals surface area contributed by atoms with Gasteiger partial charge in [-0.25, -0.2) is 4.79 Å². The van der Waals surface area contributed by atoms with Gasteiger partial charge in [0.2, 0.25) is 0 Å². The average molecular weight is 342 g/mol. The van der Waals surface area contributed by atoms with Crippen molar-refractivity contribution in [3.63, 3.8) is 0 Å². The van der Waals surface area contributed by atoms with Crippen LogP contribution in [0.15, 0.2) is 0 Å². The zero-order valence-electron chi connectivity index (χ0n) is 14.8. The van der Waals surface area contributed by atoms with Crippen LogP contribution in [0.2, 0.25) is 0 Å². The van der Waals surface area contributed by atoms with Gasteiger partial charge in [-0.05, 0) is 39.5 Å². The Morgan fingerprint density at radius 2 is 1.83 bits per heavy atom. The van der Waals surface area contributed by atoms with Crippen molar-refractivity contribution >= 4 is 18.0 Å². The molecule has 0 aliphatic carbocycles. The van der Waals surface area contributed by atoms with Crippen LogP contribution < -0.4 is 5.32 Å². The van der Waals surface area contributed by atoms with Crippen molar-refractivity contribution in [1.29, 1.82) is 0 Å². The minimum Gasteiger partial charge on any atom is -0.466 e. The number of unbranched alkanes of at least 4 members (excludes halogenated alkanes) is 2. The molecule has 138 valence electrons. The minimum atomic E-state index is -0.214. The summed E-state index contributed by atoms with van der Waals surface area (Å²) in [5.41, 5.74) is 0. The van der Waals surface area contributed by atoms with E-state index in [2.05, 4.69) is 5.32 Å². The molecule has 0 saturated carbocycles. The second-order valence-electron chi connectivity index (χ2n) is 5.88. The van der Waals surface area contributed by atoms with Crippen LogP contribution in [0, 0.1) is 5.92 Å². The van der Waals surface area contributed by atoms with Crippen molar-refractivity contribution in [2.75, 3.05) is 32.8 Å². The molecular formula is C17H30N2O5. The van der Waals surface area contributed by atoms with E-state index in [1.165, 1.54) is 0 Å². The van der Waals surface area contributed by atoms with Crippen LogP contribution >= 0.6 is 0 Å². The first-order valence-corrected chi connectivity index (χ1v) is 8.93. The molecule has 7 heteroatoms. The van der Waals surface area contributed by atoms with Crippen molar-refractivity contribution < 1.29 is 23.9 Å². The van der Waals surface area contributed by atoms with E-state index < -0.39 is 0 Å². The van der Waals surface area contributed by atoms with E-state index in [1.54, 1.807) is 18.7 Å². The molecule has 0 aromatic carbocycles. The van der Waals surface area contributed by atoms with E-state index in [0.29, 0.717) is 39.3 Å². The van der Waals surface area contributed by atoms with Gasteiger partial charge in [-0.3, -0.25) is 9.59 Å². The Kier molecular flexibility index (Phi) is 9.88.